The Morgan fingerprint density at radius 3 is 2.71 bits per heavy atom. The average molecular weight is 439 g/mol. The van der Waals surface area contributed by atoms with Gasteiger partial charge in [0, 0.05) is 17.7 Å². The summed E-state index contributed by atoms with van der Waals surface area (Å²) in [5, 5.41) is 10.8. The number of nitro benzene ring substituents is 1. The zero-order valence-electron chi connectivity index (χ0n) is 10.3. The van der Waals surface area contributed by atoms with Crippen LogP contribution in [0.2, 0.25) is 5.02 Å². The van der Waals surface area contributed by atoms with Gasteiger partial charge in [0.1, 0.15) is 22.6 Å². The van der Waals surface area contributed by atoms with E-state index in [-0.39, 0.29) is 23.1 Å². The Morgan fingerprint density at radius 1 is 1.33 bits per heavy atom. The zero-order chi connectivity index (χ0) is 15.6. The van der Waals surface area contributed by atoms with Crippen LogP contribution in [0.3, 0.4) is 0 Å². The second kappa shape index (κ2) is 6.72. The molecule has 0 fully saturated rings. The van der Waals surface area contributed by atoms with Crippen LogP contribution >= 0.6 is 43.5 Å². The molecule has 0 saturated carbocycles. The highest BCUT2D eigenvalue weighted by Crippen LogP contribution is 2.33. The Kier molecular flexibility index (Phi) is 5.18. The monoisotopic (exact) mass is 437 g/mol. The maximum atomic E-state index is 13.4. The summed E-state index contributed by atoms with van der Waals surface area (Å²) in [4.78, 5) is 10.4. The summed E-state index contributed by atoms with van der Waals surface area (Å²) in [5.74, 6) is -0.344. The summed E-state index contributed by atoms with van der Waals surface area (Å²) in [6.45, 7) is 0.0436. The summed E-state index contributed by atoms with van der Waals surface area (Å²) >= 11 is 12.0. The quantitative estimate of drug-likeness (QED) is 0.360. The van der Waals surface area contributed by atoms with E-state index in [4.69, 9.17) is 16.3 Å². The fraction of sp³-hybridized carbons (Fsp3) is 0.0769. The van der Waals surface area contributed by atoms with Crippen LogP contribution in [-0.4, -0.2) is 4.92 Å². The summed E-state index contributed by atoms with van der Waals surface area (Å²) in [5.41, 5.74) is 0.518. The van der Waals surface area contributed by atoms with E-state index in [9.17, 15) is 14.5 Å². The molecule has 0 saturated heterocycles. The standard InChI is InChI=1S/C13H7Br2ClFNO3/c14-8-4-9(16)10(17)5-12(8)21-6-7-2-1-3-11(13(7)15)18(19)20/h1-5H,6H2. The summed E-state index contributed by atoms with van der Waals surface area (Å²) < 4.78 is 19.7. The molecule has 0 amide bonds. The van der Waals surface area contributed by atoms with Crippen molar-refractivity contribution >= 4 is 49.1 Å². The van der Waals surface area contributed by atoms with Crippen molar-refractivity contribution in [3.63, 3.8) is 0 Å². The molecule has 2 rings (SSSR count). The van der Waals surface area contributed by atoms with Gasteiger partial charge in [-0.25, -0.2) is 4.39 Å². The number of benzene rings is 2. The van der Waals surface area contributed by atoms with Crippen molar-refractivity contribution in [1.29, 1.82) is 0 Å². The number of hydrogen-bond donors (Lipinski definition) is 0. The van der Waals surface area contributed by atoms with Gasteiger partial charge in [0.25, 0.3) is 5.69 Å². The minimum absolute atomic E-state index is 0.0224. The Balaban J connectivity index is 2.23. The number of ether oxygens (including phenoxy) is 1. The zero-order valence-corrected chi connectivity index (χ0v) is 14.2. The first-order valence-corrected chi connectivity index (χ1v) is 7.55. The van der Waals surface area contributed by atoms with Gasteiger partial charge in [0.05, 0.1) is 14.4 Å². The first kappa shape index (κ1) is 16.2. The topological polar surface area (TPSA) is 52.4 Å². The van der Waals surface area contributed by atoms with Crippen molar-refractivity contribution in [1.82, 2.24) is 0 Å². The van der Waals surface area contributed by atoms with E-state index in [2.05, 4.69) is 31.9 Å². The summed E-state index contributed by atoms with van der Waals surface area (Å²) in [6.07, 6.45) is 0. The SMILES string of the molecule is O=[N+]([O-])c1cccc(COc2cc(F)c(Cl)cc2Br)c1Br. The molecule has 0 unspecified atom stereocenters. The second-order valence-corrected chi connectivity index (χ2v) is 6.05. The summed E-state index contributed by atoms with van der Waals surface area (Å²) in [6, 6.07) is 7.15. The van der Waals surface area contributed by atoms with Crippen molar-refractivity contribution < 1.29 is 14.1 Å². The van der Waals surface area contributed by atoms with E-state index in [1.165, 1.54) is 12.1 Å². The van der Waals surface area contributed by atoms with E-state index in [0.29, 0.717) is 14.5 Å². The van der Waals surface area contributed by atoms with Crippen molar-refractivity contribution in [2.75, 3.05) is 0 Å². The van der Waals surface area contributed by atoms with Gasteiger partial charge < -0.3 is 4.74 Å². The van der Waals surface area contributed by atoms with Crippen LogP contribution in [0.5, 0.6) is 5.75 Å². The van der Waals surface area contributed by atoms with Crippen molar-refractivity contribution in [2.24, 2.45) is 0 Å². The molecule has 0 atom stereocenters. The molecule has 2 aromatic rings. The molecule has 0 aliphatic carbocycles. The lowest BCUT2D eigenvalue weighted by atomic mass is 10.2. The molecule has 2 aromatic carbocycles. The van der Waals surface area contributed by atoms with Crippen LogP contribution < -0.4 is 4.74 Å². The number of halogens is 4. The van der Waals surface area contributed by atoms with Crippen molar-refractivity contribution in [2.45, 2.75) is 6.61 Å². The first-order chi connectivity index (χ1) is 9.90. The Bertz CT molecular complexity index is 712. The third-order valence-electron chi connectivity index (χ3n) is 2.61. The normalized spacial score (nSPS) is 10.5. The van der Waals surface area contributed by atoms with E-state index >= 15 is 0 Å². The smallest absolute Gasteiger partial charge is 0.283 e. The van der Waals surface area contributed by atoms with Gasteiger partial charge >= 0.3 is 0 Å². The van der Waals surface area contributed by atoms with Gasteiger partial charge in [-0.2, -0.15) is 0 Å². The summed E-state index contributed by atoms with van der Waals surface area (Å²) in [7, 11) is 0. The second-order valence-electron chi connectivity index (χ2n) is 3.99. The van der Waals surface area contributed by atoms with E-state index in [0.717, 1.165) is 6.07 Å². The molecule has 0 radical (unpaired) electrons. The third kappa shape index (κ3) is 3.72. The van der Waals surface area contributed by atoms with E-state index in [1.807, 2.05) is 0 Å². The highest BCUT2D eigenvalue weighted by Gasteiger charge is 2.16. The average Bonchev–Trinajstić information content (AvgIpc) is 2.42. The largest absolute Gasteiger partial charge is 0.488 e. The van der Waals surface area contributed by atoms with Crippen molar-refractivity contribution in [3.8, 4) is 5.75 Å². The highest BCUT2D eigenvalue weighted by molar-refractivity contribution is 9.11. The maximum absolute atomic E-state index is 13.4. The molecule has 0 aliphatic heterocycles. The molecule has 0 spiro atoms. The lowest BCUT2D eigenvalue weighted by Crippen LogP contribution is -2.00. The van der Waals surface area contributed by atoms with Gasteiger partial charge in [-0.05, 0) is 37.9 Å². The highest BCUT2D eigenvalue weighted by atomic mass is 79.9. The van der Waals surface area contributed by atoms with Crippen LogP contribution in [-0.2, 0) is 6.61 Å². The molecule has 21 heavy (non-hydrogen) atoms. The molecule has 0 aromatic heterocycles. The van der Waals surface area contributed by atoms with Crippen LogP contribution in [0.4, 0.5) is 10.1 Å². The van der Waals surface area contributed by atoms with Crippen LogP contribution in [0.1, 0.15) is 5.56 Å². The predicted molar refractivity (Wildman–Crippen MR) is 84.2 cm³/mol. The Hall–Kier alpha value is -1.18. The van der Waals surface area contributed by atoms with Gasteiger partial charge in [-0.3, -0.25) is 10.1 Å². The van der Waals surface area contributed by atoms with Gasteiger partial charge in [-0.15, -0.1) is 0 Å². The van der Waals surface area contributed by atoms with Crippen LogP contribution in [0, 0.1) is 15.9 Å². The Morgan fingerprint density at radius 2 is 2.05 bits per heavy atom. The van der Waals surface area contributed by atoms with Crippen molar-refractivity contribution in [3.05, 3.63) is 65.8 Å². The minimum Gasteiger partial charge on any atom is -0.488 e. The molecule has 8 heteroatoms. The fourth-order valence-corrected chi connectivity index (χ4v) is 2.87. The number of rotatable bonds is 4. The molecule has 110 valence electrons. The van der Waals surface area contributed by atoms with Crippen LogP contribution in [0.15, 0.2) is 39.3 Å². The molecule has 0 N–H and O–H groups in total. The molecule has 0 bridgehead atoms. The molecule has 0 heterocycles. The first-order valence-electron chi connectivity index (χ1n) is 5.59. The number of nitrogens with zero attached hydrogens (tertiary/aromatic N) is 1. The van der Waals surface area contributed by atoms with Gasteiger partial charge in [0.2, 0.25) is 0 Å². The van der Waals surface area contributed by atoms with E-state index in [1.54, 1.807) is 12.1 Å². The van der Waals surface area contributed by atoms with Gasteiger partial charge in [-0.1, -0.05) is 23.7 Å². The molecule has 4 nitrogen and oxygen atoms in total. The maximum Gasteiger partial charge on any atom is 0.283 e. The molecular weight excluding hydrogens is 432 g/mol. The lowest BCUT2D eigenvalue weighted by Gasteiger charge is -2.10. The van der Waals surface area contributed by atoms with Crippen LogP contribution in [0.25, 0.3) is 0 Å². The Labute approximate surface area is 141 Å². The van der Waals surface area contributed by atoms with Gasteiger partial charge in [0.15, 0.2) is 0 Å². The van der Waals surface area contributed by atoms with E-state index < -0.39 is 10.7 Å². The molecular formula is C13H7Br2ClFNO3. The lowest BCUT2D eigenvalue weighted by molar-refractivity contribution is -0.385. The molecule has 0 aliphatic rings. The third-order valence-corrected chi connectivity index (χ3v) is 4.44. The number of nitro groups is 1. The predicted octanol–water partition coefficient (Wildman–Crippen LogP) is 5.49. The fourth-order valence-electron chi connectivity index (χ4n) is 1.59. The number of hydrogen-bond acceptors (Lipinski definition) is 3. The minimum atomic E-state index is -0.604.